The molecule has 0 radical (unpaired) electrons. The fourth-order valence-electron chi connectivity index (χ4n) is 2.39. The maximum atomic E-state index is 13.0. The van der Waals surface area contributed by atoms with E-state index in [1.165, 1.54) is 13.2 Å². The van der Waals surface area contributed by atoms with Crippen molar-refractivity contribution < 1.29 is 13.5 Å². The second-order valence-electron chi connectivity index (χ2n) is 4.70. The molecule has 1 aromatic carbocycles. The minimum absolute atomic E-state index is 0.0839. The summed E-state index contributed by atoms with van der Waals surface area (Å²) < 4.78 is 31.1. The lowest BCUT2D eigenvalue weighted by Gasteiger charge is -2.23. The van der Waals surface area contributed by atoms with Crippen LogP contribution in [0, 0.1) is 0 Å². The van der Waals surface area contributed by atoms with Gasteiger partial charge in [-0.3, -0.25) is 0 Å². The molecule has 0 aliphatic heterocycles. The first kappa shape index (κ1) is 12.3. The predicted molar refractivity (Wildman–Crippen MR) is 62.5 cm³/mol. The van der Waals surface area contributed by atoms with Gasteiger partial charge in [0.25, 0.3) is 6.43 Å². The van der Waals surface area contributed by atoms with Crippen LogP contribution < -0.4 is 10.5 Å². The van der Waals surface area contributed by atoms with Crippen molar-refractivity contribution in [2.75, 3.05) is 7.11 Å². The lowest BCUT2D eigenvalue weighted by Crippen LogP contribution is -2.32. The summed E-state index contributed by atoms with van der Waals surface area (Å²) in [5.74, 6) is 0.608. The van der Waals surface area contributed by atoms with Crippen LogP contribution in [-0.4, -0.2) is 13.2 Å². The number of ether oxygens (including phenoxy) is 1. The summed E-state index contributed by atoms with van der Waals surface area (Å²) in [5.41, 5.74) is 6.40. The van der Waals surface area contributed by atoms with Gasteiger partial charge in [0.1, 0.15) is 5.75 Å². The van der Waals surface area contributed by atoms with Gasteiger partial charge in [-0.25, -0.2) is 8.78 Å². The highest BCUT2D eigenvalue weighted by atomic mass is 19.3. The van der Waals surface area contributed by atoms with E-state index in [9.17, 15) is 8.78 Å². The Bertz CT molecular complexity index is 414. The fourth-order valence-corrected chi connectivity index (χ4v) is 2.39. The summed E-state index contributed by atoms with van der Waals surface area (Å²) in [6.07, 6.45) is -0.720. The molecule has 2 N–H and O–H groups in total. The molecule has 4 heteroatoms. The SMILES string of the molecule is COc1ccc(C(F)F)c(C2(C(C)N)CC2)c1. The van der Waals surface area contributed by atoms with Gasteiger partial charge in [0.2, 0.25) is 0 Å². The predicted octanol–water partition coefficient (Wildman–Crippen LogP) is 3.01. The first-order chi connectivity index (χ1) is 8.01. The van der Waals surface area contributed by atoms with Crippen molar-refractivity contribution in [3.63, 3.8) is 0 Å². The molecule has 1 fully saturated rings. The molecule has 0 amide bonds. The molecule has 0 aromatic heterocycles. The summed E-state index contributed by atoms with van der Waals surface area (Å²) in [5, 5.41) is 0. The van der Waals surface area contributed by atoms with E-state index in [0.717, 1.165) is 12.8 Å². The van der Waals surface area contributed by atoms with Gasteiger partial charge >= 0.3 is 0 Å². The lowest BCUT2D eigenvalue weighted by atomic mass is 9.86. The maximum absolute atomic E-state index is 13.0. The van der Waals surface area contributed by atoms with Gasteiger partial charge in [0.05, 0.1) is 7.11 Å². The van der Waals surface area contributed by atoms with E-state index >= 15 is 0 Å². The summed E-state index contributed by atoms with van der Waals surface area (Å²) >= 11 is 0. The average molecular weight is 241 g/mol. The highest BCUT2D eigenvalue weighted by molar-refractivity contribution is 5.45. The Kier molecular flexibility index (Phi) is 3.08. The van der Waals surface area contributed by atoms with Gasteiger partial charge < -0.3 is 10.5 Å². The molecular formula is C13H17F2NO. The van der Waals surface area contributed by atoms with Gasteiger partial charge in [-0.15, -0.1) is 0 Å². The molecule has 2 rings (SSSR count). The van der Waals surface area contributed by atoms with E-state index in [4.69, 9.17) is 10.5 Å². The number of halogens is 2. The third kappa shape index (κ3) is 2.02. The molecule has 0 heterocycles. The Morgan fingerprint density at radius 1 is 1.35 bits per heavy atom. The smallest absolute Gasteiger partial charge is 0.264 e. The van der Waals surface area contributed by atoms with Crippen LogP contribution in [0.1, 0.15) is 37.3 Å². The number of hydrogen-bond donors (Lipinski definition) is 1. The first-order valence-corrected chi connectivity index (χ1v) is 5.73. The number of methoxy groups -OCH3 is 1. The van der Waals surface area contributed by atoms with E-state index < -0.39 is 6.43 Å². The van der Waals surface area contributed by atoms with Gasteiger partial charge in [-0.2, -0.15) is 0 Å². The molecule has 1 atom stereocenters. The minimum Gasteiger partial charge on any atom is -0.497 e. The average Bonchev–Trinajstić information content (AvgIpc) is 3.09. The maximum Gasteiger partial charge on any atom is 0.264 e. The Morgan fingerprint density at radius 2 is 2.00 bits per heavy atom. The molecule has 17 heavy (non-hydrogen) atoms. The Labute approximate surface area is 99.8 Å². The summed E-state index contributed by atoms with van der Waals surface area (Å²) in [7, 11) is 1.53. The fraction of sp³-hybridized carbons (Fsp3) is 0.538. The largest absolute Gasteiger partial charge is 0.497 e. The molecule has 0 spiro atoms. The van der Waals surface area contributed by atoms with Crippen LogP contribution in [0.25, 0.3) is 0 Å². The van der Waals surface area contributed by atoms with E-state index in [-0.39, 0.29) is 17.0 Å². The highest BCUT2D eigenvalue weighted by Gasteiger charge is 2.49. The molecule has 1 aliphatic rings. The Morgan fingerprint density at radius 3 is 2.41 bits per heavy atom. The number of alkyl halides is 2. The summed E-state index contributed by atoms with van der Waals surface area (Å²) in [6, 6.07) is 4.61. The van der Waals surface area contributed by atoms with E-state index in [0.29, 0.717) is 11.3 Å². The van der Waals surface area contributed by atoms with Gasteiger partial charge in [0.15, 0.2) is 0 Å². The van der Waals surface area contributed by atoms with Crippen LogP contribution in [0.5, 0.6) is 5.75 Å². The molecule has 1 saturated carbocycles. The van der Waals surface area contributed by atoms with Gasteiger partial charge in [0, 0.05) is 17.0 Å². The lowest BCUT2D eigenvalue weighted by molar-refractivity contribution is 0.149. The van der Waals surface area contributed by atoms with Crippen molar-refractivity contribution in [2.45, 2.75) is 37.6 Å². The van der Waals surface area contributed by atoms with Gasteiger partial charge in [-0.1, -0.05) is 0 Å². The van der Waals surface area contributed by atoms with Crippen LogP contribution >= 0.6 is 0 Å². The molecular weight excluding hydrogens is 224 g/mol. The molecule has 1 unspecified atom stereocenters. The van der Waals surface area contributed by atoms with Crippen molar-refractivity contribution in [1.29, 1.82) is 0 Å². The molecule has 2 nitrogen and oxygen atoms in total. The quantitative estimate of drug-likeness (QED) is 0.879. The van der Waals surface area contributed by atoms with E-state index in [2.05, 4.69) is 0 Å². The van der Waals surface area contributed by atoms with Crippen LogP contribution in [0.15, 0.2) is 18.2 Å². The van der Waals surface area contributed by atoms with Crippen molar-refractivity contribution >= 4 is 0 Å². The van der Waals surface area contributed by atoms with Crippen molar-refractivity contribution in [2.24, 2.45) is 5.73 Å². The highest BCUT2D eigenvalue weighted by Crippen LogP contribution is 2.53. The number of nitrogens with two attached hydrogens (primary N) is 1. The topological polar surface area (TPSA) is 35.2 Å². The van der Waals surface area contributed by atoms with Crippen LogP contribution in [-0.2, 0) is 5.41 Å². The molecule has 0 bridgehead atoms. The number of benzene rings is 1. The molecule has 94 valence electrons. The second kappa shape index (κ2) is 4.26. The number of rotatable bonds is 4. The molecule has 1 aliphatic carbocycles. The number of hydrogen-bond acceptors (Lipinski definition) is 2. The Balaban J connectivity index is 2.50. The zero-order valence-corrected chi connectivity index (χ0v) is 10.0. The summed E-state index contributed by atoms with van der Waals surface area (Å²) in [4.78, 5) is 0. The molecule has 0 saturated heterocycles. The van der Waals surface area contributed by atoms with E-state index in [1.807, 2.05) is 6.92 Å². The van der Waals surface area contributed by atoms with Crippen molar-refractivity contribution in [3.05, 3.63) is 29.3 Å². The summed E-state index contributed by atoms with van der Waals surface area (Å²) in [6.45, 7) is 1.88. The van der Waals surface area contributed by atoms with Crippen LogP contribution in [0.2, 0.25) is 0 Å². The van der Waals surface area contributed by atoms with Gasteiger partial charge in [-0.05, 0) is 43.5 Å². The zero-order valence-electron chi connectivity index (χ0n) is 10.0. The molecule has 1 aromatic rings. The standard InChI is InChI=1S/C13H17F2NO/c1-8(16)13(5-6-13)11-7-9(17-2)3-4-10(11)12(14)15/h3-4,7-8,12H,5-6,16H2,1-2H3. The van der Waals surface area contributed by atoms with Crippen LogP contribution in [0.4, 0.5) is 8.78 Å². The van der Waals surface area contributed by atoms with E-state index in [1.54, 1.807) is 12.1 Å². The van der Waals surface area contributed by atoms with Crippen LogP contribution in [0.3, 0.4) is 0 Å². The first-order valence-electron chi connectivity index (χ1n) is 5.73. The second-order valence-corrected chi connectivity index (χ2v) is 4.70. The zero-order chi connectivity index (χ0) is 12.6. The Hall–Kier alpha value is -1.16. The normalized spacial score (nSPS) is 19.2. The monoisotopic (exact) mass is 241 g/mol. The minimum atomic E-state index is -2.47. The van der Waals surface area contributed by atoms with Crippen molar-refractivity contribution in [1.82, 2.24) is 0 Å². The third-order valence-electron chi connectivity index (χ3n) is 3.69. The van der Waals surface area contributed by atoms with Crippen molar-refractivity contribution in [3.8, 4) is 5.75 Å². The third-order valence-corrected chi connectivity index (χ3v) is 3.69.